The van der Waals surface area contributed by atoms with Crippen LogP contribution in [0, 0.1) is 0 Å². The van der Waals surface area contributed by atoms with Gasteiger partial charge < -0.3 is 9.84 Å². The third kappa shape index (κ3) is 5.85. The molecular weight excluding hydrogens is 143 g/mol. The first-order chi connectivity index (χ1) is 3.13. The molecule has 0 heterocycles. The van der Waals surface area contributed by atoms with E-state index in [1.165, 1.54) is 0 Å². The molecule has 1 N–H and O–H groups in total. The summed E-state index contributed by atoms with van der Waals surface area (Å²) in [5.41, 5.74) is 0. The average molecular weight is 145 g/mol. The van der Waals surface area contributed by atoms with Gasteiger partial charge in [-0.2, -0.15) is 0 Å². The Morgan fingerprint density at radius 1 is 1.71 bits per heavy atom. The molecule has 0 rings (SSSR count). The highest BCUT2D eigenvalue weighted by atomic mass is 35.5. The van der Waals surface area contributed by atoms with Crippen LogP contribution in [-0.2, 0) is 4.74 Å². The summed E-state index contributed by atoms with van der Waals surface area (Å²) in [6.45, 7) is 0. The van der Waals surface area contributed by atoms with E-state index < -0.39 is 11.2 Å². The summed E-state index contributed by atoms with van der Waals surface area (Å²) in [7, 11) is 0. The van der Waals surface area contributed by atoms with Gasteiger partial charge in [-0.3, -0.25) is 0 Å². The highest BCUT2D eigenvalue weighted by molar-refractivity contribution is 6.43. The maximum absolute atomic E-state index is 9.42. The van der Waals surface area contributed by atoms with Crippen molar-refractivity contribution in [3.63, 3.8) is 0 Å². The molecule has 0 atom stereocenters. The summed E-state index contributed by atoms with van der Waals surface area (Å²) < 4.78 is 3.70. The molecule has 0 bridgehead atoms. The second-order valence-corrected chi connectivity index (χ2v) is 1.66. The van der Waals surface area contributed by atoms with E-state index in [0.29, 0.717) is 0 Å². The second kappa shape index (κ2) is 2.93. The van der Waals surface area contributed by atoms with Crippen molar-refractivity contribution in [3.8, 4) is 0 Å². The third-order valence-corrected chi connectivity index (χ3v) is 0.368. The first-order valence-electron chi connectivity index (χ1n) is 1.30. The van der Waals surface area contributed by atoms with Crippen molar-refractivity contribution in [2.24, 2.45) is 0 Å². The van der Waals surface area contributed by atoms with Crippen LogP contribution in [0.15, 0.2) is 0 Å². The minimum absolute atomic E-state index is 1.28. The lowest BCUT2D eigenvalue weighted by molar-refractivity contribution is 0.0989. The molecule has 0 aliphatic rings. The SMILES string of the molecule is O=C(O)OC(Cl)Cl. The molecular formula is C2H2Cl2O3. The van der Waals surface area contributed by atoms with Gasteiger partial charge in [0.2, 0.25) is 0 Å². The zero-order chi connectivity index (χ0) is 5.86. The molecule has 0 saturated heterocycles. The highest BCUT2D eigenvalue weighted by Gasteiger charge is 2.01. The van der Waals surface area contributed by atoms with Gasteiger partial charge >= 0.3 is 6.16 Å². The van der Waals surface area contributed by atoms with Crippen molar-refractivity contribution >= 4 is 29.4 Å². The molecule has 0 aliphatic carbocycles. The van der Waals surface area contributed by atoms with E-state index in [4.69, 9.17) is 28.3 Å². The van der Waals surface area contributed by atoms with E-state index in [0.717, 1.165) is 0 Å². The normalized spacial score (nSPS) is 9.00. The molecule has 0 aromatic carbocycles. The predicted octanol–water partition coefficient (Wildman–Crippen LogP) is 1.44. The van der Waals surface area contributed by atoms with E-state index in [-0.39, 0.29) is 0 Å². The highest BCUT2D eigenvalue weighted by Crippen LogP contribution is 2.01. The fourth-order valence-corrected chi connectivity index (χ4v) is 0.229. The van der Waals surface area contributed by atoms with Crippen LogP contribution in [0.2, 0.25) is 0 Å². The van der Waals surface area contributed by atoms with Crippen molar-refractivity contribution in [2.75, 3.05) is 0 Å². The van der Waals surface area contributed by atoms with E-state index in [9.17, 15) is 4.79 Å². The smallest absolute Gasteiger partial charge is 0.450 e. The van der Waals surface area contributed by atoms with Crippen LogP contribution in [0.5, 0.6) is 0 Å². The lowest BCUT2D eigenvalue weighted by atomic mass is 11.3. The van der Waals surface area contributed by atoms with Gasteiger partial charge in [0.25, 0.3) is 5.02 Å². The average Bonchev–Trinajstić information content (AvgIpc) is 1.27. The number of carbonyl (C=O) groups is 1. The molecule has 42 valence electrons. The zero-order valence-corrected chi connectivity index (χ0v) is 4.61. The third-order valence-electron chi connectivity index (χ3n) is 0.190. The van der Waals surface area contributed by atoms with Gasteiger partial charge in [-0.1, -0.05) is 23.2 Å². The second-order valence-electron chi connectivity index (χ2n) is 0.644. The van der Waals surface area contributed by atoms with Gasteiger partial charge in [0.15, 0.2) is 0 Å². The summed E-state index contributed by atoms with van der Waals surface area (Å²) in [5.74, 6) is 0. The van der Waals surface area contributed by atoms with Gasteiger partial charge in [-0.15, -0.1) is 0 Å². The number of hydrogen-bond acceptors (Lipinski definition) is 2. The number of alkyl halides is 2. The van der Waals surface area contributed by atoms with Gasteiger partial charge in [0.05, 0.1) is 0 Å². The van der Waals surface area contributed by atoms with E-state index >= 15 is 0 Å². The van der Waals surface area contributed by atoms with Gasteiger partial charge in [0, 0.05) is 0 Å². The minimum atomic E-state index is -1.48. The molecule has 0 aliphatic heterocycles. The van der Waals surface area contributed by atoms with Crippen molar-refractivity contribution in [2.45, 2.75) is 5.02 Å². The molecule has 0 spiro atoms. The number of ether oxygens (including phenoxy) is 1. The summed E-state index contributed by atoms with van der Waals surface area (Å²) in [4.78, 5) is 9.42. The van der Waals surface area contributed by atoms with Gasteiger partial charge in [0.1, 0.15) is 0 Å². The van der Waals surface area contributed by atoms with E-state index in [1.807, 2.05) is 0 Å². The van der Waals surface area contributed by atoms with E-state index in [2.05, 4.69) is 4.74 Å². The Bertz CT molecular complexity index is 71.3. The van der Waals surface area contributed by atoms with Crippen LogP contribution in [0.4, 0.5) is 4.79 Å². The van der Waals surface area contributed by atoms with Crippen molar-refractivity contribution < 1.29 is 14.6 Å². The summed E-state index contributed by atoms with van der Waals surface area (Å²) in [5, 5.41) is 6.41. The Balaban J connectivity index is 3.13. The molecule has 0 amide bonds. The molecule has 3 nitrogen and oxygen atoms in total. The molecule has 0 unspecified atom stereocenters. The van der Waals surface area contributed by atoms with Crippen LogP contribution >= 0.6 is 23.2 Å². The standard InChI is InChI=1S/C2H2Cl2O3/c3-1(4)7-2(5)6/h1H,(H,5,6). The van der Waals surface area contributed by atoms with Crippen LogP contribution in [0.25, 0.3) is 0 Å². The quantitative estimate of drug-likeness (QED) is 0.448. The Morgan fingerprint density at radius 2 is 2.14 bits per heavy atom. The minimum Gasteiger partial charge on any atom is -0.450 e. The molecule has 0 radical (unpaired) electrons. The number of halogens is 2. The van der Waals surface area contributed by atoms with Gasteiger partial charge in [-0.25, -0.2) is 4.79 Å². The number of rotatable bonds is 1. The van der Waals surface area contributed by atoms with Crippen molar-refractivity contribution in [3.05, 3.63) is 0 Å². The summed E-state index contributed by atoms with van der Waals surface area (Å²) in [6, 6.07) is 0. The topological polar surface area (TPSA) is 46.5 Å². The maximum atomic E-state index is 9.42. The Morgan fingerprint density at radius 3 is 2.14 bits per heavy atom. The summed E-state index contributed by atoms with van der Waals surface area (Å²) in [6.07, 6.45) is -1.48. The van der Waals surface area contributed by atoms with Crippen LogP contribution < -0.4 is 0 Å². The van der Waals surface area contributed by atoms with Crippen LogP contribution in [0.1, 0.15) is 0 Å². The van der Waals surface area contributed by atoms with Crippen LogP contribution in [-0.4, -0.2) is 16.3 Å². The zero-order valence-electron chi connectivity index (χ0n) is 3.10. The Labute approximate surface area is 49.8 Å². The summed E-state index contributed by atoms with van der Waals surface area (Å²) >= 11 is 9.67. The molecule has 7 heavy (non-hydrogen) atoms. The molecule has 5 heteroatoms. The molecule has 0 saturated carbocycles. The molecule has 0 aromatic heterocycles. The molecule has 0 fully saturated rings. The Hall–Kier alpha value is -0.150. The predicted molar refractivity (Wildman–Crippen MR) is 24.6 cm³/mol. The first-order valence-corrected chi connectivity index (χ1v) is 2.18. The largest absolute Gasteiger partial charge is 0.508 e. The van der Waals surface area contributed by atoms with E-state index in [1.54, 1.807) is 0 Å². The number of carboxylic acid groups (broad SMARTS) is 1. The van der Waals surface area contributed by atoms with Gasteiger partial charge in [-0.05, 0) is 0 Å². The Kier molecular flexibility index (Phi) is 2.87. The lowest BCUT2D eigenvalue weighted by Crippen LogP contribution is -2.02. The number of hydrogen-bond donors (Lipinski definition) is 1. The first kappa shape index (κ1) is 6.85. The lowest BCUT2D eigenvalue weighted by Gasteiger charge is -1.94. The van der Waals surface area contributed by atoms with Crippen molar-refractivity contribution in [1.29, 1.82) is 0 Å². The molecule has 0 aromatic rings. The fourth-order valence-electron chi connectivity index (χ4n) is 0.0762. The fraction of sp³-hybridized carbons (Fsp3) is 0.500. The monoisotopic (exact) mass is 144 g/mol. The van der Waals surface area contributed by atoms with Crippen molar-refractivity contribution in [1.82, 2.24) is 0 Å². The van der Waals surface area contributed by atoms with Crippen LogP contribution in [0.3, 0.4) is 0 Å². The maximum Gasteiger partial charge on any atom is 0.508 e.